The Kier molecular flexibility index (Phi) is 6.19. The maximum absolute atomic E-state index is 12.1. The molecule has 2 N–H and O–H groups in total. The number of urea groups is 1. The number of rotatable bonds is 4. The smallest absolute Gasteiger partial charge is 0.319 e. The first-order valence-corrected chi connectivity index (χ1v) is 9.29. The van der Waals surface area contributed by atoms with Gasteiger partial charge >= 0.3 is 6.03 Å². The van der Waals surface area contributed by atoms with E-state index in [0.29, 0.717) is 11.6 Å². The van der Waals surface area contributed by atoms with Crippen LogP contribution in [0.15, 0.2) is 48.5 Å². The Morgan fingerprint density at radius 3 is 2.37 bits per heavy atom. The lowest BCUT2D eigenvalue weighted by atomic mass is 10.2. The number of anilines is 2. The molecule has 3 rings (SSSR count). The summed E-state index contributed by atoms with van der Waals surface area (Å²) in [6.45, 7) is 5.11. The van der Waals surface area contributed by atoms with Crippen LogP contribution in [0.1, 0.15) is 12.5 Å². The van der Waals surface area contributed by atoms with Crippen molar-refractivity contribution in [3.8, 4) is 0 Å². The Morgan fingerprint density at radius 2 is 1.74 bits per heavy atom. The molecule has 27 heavy (non-hydrogen) atoms. The van der Waals surface area contributed by atoms with Crippen LogP contribution in [0.4, 0.5) is 16.2 Å². The van der Waals surface area contributed by atoms with Gasteiger partial charge in [-0.2, -0.15) is 0 Å². The molecular formula is C20H23ClN4O2. The molecule has 1 aliphatic heterocycles. The van der Waals surface area contributed by atoms with Crippen molar-refractivity contribution in [2.24, 2.45) is 0 Å². The lowest BCUT2D eigenvalue weighted by Gasteiger charge is -2.35. The van der Waals surface area contributed by atoms with E-state index in [0.717, 1.165) is 43.1 Å². The Balaban J connectivity index is 1.49. The summed E-state index contributed by atoms with van der Waals surface area (Å²) < 4.78 is 0. The zero-order chi connectivity index (χ0) is 19.2. The van der Waals surface area contributed by atoms with E-state index in [9.17, 15) is 9.59 Å². The average Bonchev–Trinajstić information content (AvgIpc) is 2.67. The molecule has 1 fully saturated rings. The van der Waals surface area contributed by atoms with Crippen LogP contribution in [0.5, 0.6) is 0 Å². The molecule has 3 amide bonds. The highest BCUT2D eigenvalue weighted by Gasteiger charge is 2.18. The first-order valence-electron chi connectivity index (χ1n) is 8.91. The summed E-state index contributed by atoms with van der Waals surface area (Å²) in [6, 6.07) is 14.8. The molecule has 2 aromatic rings. The van der Waals surface area contributed by atoms with Crippen LogP contribution >= 0.6 is 11.6 Å². The fraction of sp³-hybridized carbons (Fsp3) is 0.300. The van der Waals surface area contributed by atoms with Crippen molar-refractivity contribution in [1.29, 1.82) is 0 Å². The van der Waals surface area contributed by atoms with Crippen LogP contribution in [-0.4, -0.2) is 43.0 Å². The minimum absolute atomic E-state index is 0.123. The largest absolute Gasteiger partial charge is 0.368 e. The zero-order valence-corrected chi connectivity index (χ0v) is 16.0. The van der Waals surface area contributed by atoms with Crippen LogP contribution in [-0.2, 0) is 11.3 Å². The Hall–Kier alpha value is -2.73. The first-order chi connectivity index (χ1) is 13.0. The Labute approximate surface area is 164 Å². The monoisotopic (exact) mass is 386 g/mol. The third-order valence-corrected chi connectivity index (χ3v) is 4.79. The number of benzene rings is 2. The summed E-state index contributed by atoms with van der Waals surface area (Å²) >= 11 is 5.94. The van der Waals surface area contributed by atoms with E-state index in [1.165, 1.54) is 0 Å². The third-order valence-electron chi connectivity index (χ3n) is 4.56. The summed E-state index contributed by atoms with van der Waals surface area (Å²) in [6.07, 6.45) is 0. The molecule has 0 spiro atoms. The molecule has 0 aliphatic carbocycles. The molecule has 1 aliphatic rings. The first kappa shape index (κ1) is 19.0. The predicted molar refractivity (Wildman–Crippen MR) is 108 cm³/mol. The summed E-state index contributed by atoms with van der Waals surface area (Å²) in [5.74, 6) is 0.123. The molecule has 0 saturated carbocycles. The van der Waals surface area contributed by atoms with E-state index >= 15 is 0 Å². The van der Waals surface area contributed by atoms with Crippen LogP contribution in [0.3, 0.4) is 0 Å². The quantitative estimate of drug-likeness (QED) is 0.847. The van der Waals surface area contributed by atoms with Gasteiger partial charge in [0.05, 0.1) is 0 Å². The highest BCUT2D eigenvalue weighted by atomic mass is 35.5. The van der Waals surface area contributed by atoms with Crippen molar-refractivity contribution in [2.75, 3.05) is 36.4 Å². The fourth-order valence-corrected chi connectivity index (χ4v) is 3.25. The maximum atomic E-state index is 12.1. The highest BCUT2D eigenvalue weighted by Crippen LogP contribution is 2.19. The van der Waals surface area contributed by atoms with Crippen molar-refractivity contribution in [3.63, 3.8) is 0 Å². The lowest BCUT2D eigenvalue weighted by Crippen LogP contribution is -2.48. The molecule has 1 heterocycles. The summed E-state index contributed by atoms with van der Waals surface area (Å²) in [7, 11) is 0. The molecule has 0 radical (unpaired) electrons. The number of hydrogen-bond acceptors (Lipinski definition) is 3. The molecule has 0 unspecified atom stereocenters. The van der Waals surface area contributed by atoms with Gasteiger partial charge in [0.2, 0.25) is 5.91 Å². The Morgan fingerprint density at radius 1 is 1.04 bits per heavy atom. The van der Waals surface area contributed by atoms with Gasteiger partial charge < -0.3 is 20.4 Å². The number of carbonyl (C=O) groups is 2. The maximum Gasteiger partial charge on any atom is 0.319 e. The standard InChI is InChI=1S/C20H23ClN4O2/c1-15(26)24-9-11-25(12-10-24)19-7-5-18(6-8-19)23-20(27)22-14-16-3-2-4-17(21)13-16/h2-8,13H,9-12,14H2,1H3,(H2,22,23,27). The van der Waals surface area contributed by atoms with Gasteiger partial charge in [-0.15, -0.1) is 0 Å². The third kappa shape index (κ3) is 5.37. The lowest BCUT2D eigenvalue weighted by molar-refractivity contribution is -0.129. The topological polar surface area (TPSA) is 64.7 Å². The van der Waals surface area contributed by atoms with Crippen molar-refractivity contribution in [3.05, 3.63) is 59.1 Å². The Bertz CT molecular complexity index is 802. The average molecular weight is 387 g/mol. The fourth-order valence-electron chi connectivity index (χ4n) is 3.04. The van der Waals surface area contributed by atoms with E-state index in [2.05, 4.69) is 15.5 Å². The SMILES string of the molecule is CC(=O)N1CCN(c2ccc(NC(=O)NCc3cccc(Cl)c3)cc2)CC1. The normalized spacial score (nSPS) is 14.0. The van der Waals surface area contributed by atoms with Crippen molar-refractivity contribution in [1.82, 2.24) is 10.2 Å². The summed E-state index contributed by atoms with van der Waals surface area (Å²) in [5, 5.41) is 6.28. The summed E-state index contributed by atoms with van der Waals surface area (Å²) in [4.78, 5) is 27.6. The van der Waals surface area contributed by atoms with Gasteiger partial charge in [0.15, 0.2) is 0 Å². The van der Waals surface area contributed by atoms with Gasteiger partial charge in [-0.3, -0.25) is 4.79 Å². The van der Waals surface area contributed by atoms with Crippen molar-refractivity contribution >= 4 is 34.9 Å². The van der Waals surface area contributed by atoms with E-state index < -0.39 is 0 Å². The van der Waals surface area contributed by atoms with E-state index in [1.807, 2.05) is 47.4 Å². The zero-order valence-electron chi connectivity index (χ0n) is 15.2. The molecule has 7 heteroatoms. The van der Waals surface area contributed by atoms with Crippen LogP contribution < -0.4 is 15.5 Å². The number of carbonyl (C=O) groups excluding carboxylic acids is 2. The number of nitrogens with zero attached hydrogens (tertiary/aromatic N) is 2. The predicted octanol–water partition coefficient (Wildman–Crippen LogP) is 3.33. The second kappa shape index (κ2) is 8.77. The van der Waals surface area contributed by atoms with Crippen molar-refractivity contribution in [2.45, 2.75) is 13.5 Å². The summed E-state index contributed by atoms with van der Waals surface area (Å²) in [5.41, 5.74) is 2.76. The molecule has 142 valence electrons. The number of halogens is 1. The molecular weight excluding hydrogens is 364 g/mol. The minimum Gasteiger partial charge on any atom is -0.368 e. The van der Waals surface area contributed by atoms with Gasteiger partial charge in [0.25, 0.3) is 0 Å². The molecule has 1 saturated heterocycles. The van der Waals surface area contributed by atoms with E-state index in [4.69, 9.17) is 11.6 Å². The second-order valence-electron chi connectivity index (χ2n) is 6.48. The van der Waals surface area contributed by atoms with Gasteiger partial charge in [-0.1, -0.05) is 23.7 Å². The van der Waals surface area contributed by atoms with Gasteiger partial charge in [0, 0.05) is 56.0 Å². The van der Waals surface area contributed by atoms with Gasteiger partial charge in [-0.25, -0.2) is 4.79 Å². The molecule has 0 bridgehead atoms. The minimum atomic E-state index is -0.266. The highest BCUT2D eigenvalue weighted by molar-refractivity contribution is 6.30. The van der Waals surface area contributed by atoms with Crippen molar-refractivity contribution < 1.29 is 9.59 Å². The molecule has 0 atom stereocenters. The van der Waals surface area contributed by atoms with Crippen LogP contribution in [0.2, 0.25) is 5.02 Å². The van der Waals surface area contributed by atoms with Crippen LogP contribution in [0, 0.1) is 0 Å². The van der Waals surface area contributed by atoms with E-state index in [-0.39, 0.29) is 11.9 Å². The molecule has 2 aromatic carbocycles. The van der Waals surface area contributed by atoms with Gasteiger partial charge in [-0.05, 0) is 42.0 Å². The number of hydrogen-bond donors (Lipinski definition) is 2. The molecule has 6 nitrogen and oxygen atoms in total. The second-order valence-corrected chi connectivity index (χ2v) is 6.91. The molecule has 0 aromatic heterocycles. The van der Waals surface area contributed by atoms with Crippen LogP contribution in [0.25, 0.3) is 0 Å². The number of piperazine rings is 1. The van der Waals surface area contributed by atoms with Gasteiger partial charge in [0.1, 0.15) is 0 Å². The number of amides is 3. The van der Waals surface area contributed by atoms with E-state index in [1.54, 1.807) is 13.0 Å². The number of nitrogens with one attached hydrogen (secondary N) is 2.